The van der Waals surface area contributed by atoms with E-state index in [-0.39, 0.29) is 11.1 Å². The van der Waals surface area contributed by atoms with E-state index in [1.54, 1.807) is 0 Å². The van der Waals surface area contributed by atoms with Crippen molar-refractivity contribution in [2.75, 3.05) is 27.5 Å². The van der Waals surface area contributed by atoms with E-state index in [4.69, 9.17) is 17.8 Å². The van der Waals surface area contributed by atoms with Crippen molar-refractivity contribution in [3.63, 3.8) is 0 Å². The van der Waals surface area contributed by atoms with Gasteiger partial charge in [-0.15, -0.1) is 0 Å². The third kappa shape index (κ3) is 3.59. The van der Waals surface area contributed by atoms with Gasteiger partial charge in [0.05, 0.1) is 9.82 Å². The molecule has 0 aliphatic heterocycles. The molecule has 0 aliphatic carbocycles. The highest BCUT2D eigenvalue weighted by molar-refractivity contribution is 7.88. The lowest BCUT2D eigenvalue weighted by molar-refractivity contribution is 0.414. The molecule has 110 valence electrons. The zero-order chi connectivity index (χ0) is 25.9. The number of hydrogen-bond donors (Lipinski definition) is 2. The normalized spacial score (nSPS) is 24.6. The van der Waals surface area contributed by atoms with Crippen molar-refractivity contribution in [3.05, 3.63) is 35.5 Å². The Bertz CT molecular complexity index is 1170. The Labute approximate surface area is 138 Å². The molecule has 0 saturated heterocycles. The van der Waals surface area contributed by atoms with Crippen molar-refractivity contribution in [2.45, 2.75) is 12.1 Å². The molecule has 0 spiro atoms. The standard InChI is InChI=1S/C14H21N3O2S/c1-15-20(18,19)10-11-4-5-14-13(8-11)12(9-16-14)6-7-17(2)3/h4-5,8-9,15-16H,6-7,10H2,1-3H3/i1D3,2D3,4D,5D,6D2,8D,10D2. The van der Waals surface area contributed by atoms with Crippen molar-refractivity contribution >= 4 is 20.9 Å². The van der Waals surface area contributed by atoms with Crippen molar-refractivity contribution in [1.29, 1.82) is 0 Å². The van der Waals surface area contributed by atoms with Gasteiger partial charge in [-0.2, -0.15) is 0 Å². The molecule has 20 heavy (non-hydrogen) atoms. The number of sulfonamides is 1. The van der Waals surface area contributed by atoms with Gasteiger partial charge >= 0.3 is 0 Å². The van der Waals surface area contributed by atoms with Crippen LogP contribution in [0, 0.1) is 0 Å². The number of aromatic nitrogens is 1. The van der Waals surface area contributed by atoms with Gasteiger partial charge in [-0.05, 0) is 50.6 Å². The van der Waals surface area contributed by atoms with Crippen molar-refractivity contribution in [3.8, 4) is 0 Å². The maximum atomic E-state index is 12.5. The van der Waals surface area contributed by atoms with Crippen LogP contribution in [0.15, 0.2) is 24.3 Å². The Kier molecular flexibility index (Phi) is 1.62. The molecule has 0 amide bonds. The molecule has 2 rings (SSSR count). The lowest BCUT2D eigenvalue weighted by Crippen LogP contribution is -2.20. The summed E-state index contributed by atoms with van der Waals surface area (Å²) in [5, 5.41) is -0.428. The van der Waals surface area contributed by atoms with Gasteiger partial charge in [0.25, 0.3) is 0 Å². The van der Waals surface area contributed by atoms with Crippen molar-refractivity contribution < 1.29 is 26.2 Å². The topological polar surface area (TPSA) is 65.2 Å². The zero-order valence-corrected chi connectivity index (χ0v) is 11.3. The van der Waals surface area contributed by atoms with Crippen LogP contribution in [0.3, 0.4) is 0 Å². The first-order chi connectivity index (χ1) is 14.5. The molecule has 0 radical (unpaired) electrons. The maximum absolute atomic E-state index is 12.5. The predicted molar refractivity (Wildman–Crippen MR) is 82.2 cm³/mol. The minimum absolute atomic E-state index is 0.263. The monoisotopic (exact) mass is 308 g/mol. The van der Waals surface area contributed by atoms with Crippen molar-refractivity contribution in [1.82, 2.24) is 14.6 Å². The third-order valence-corrected chi connectivity index (χ3v) is 3.06. The molecule has 0 aliphatic rings. The van der Waals surface area contributed by atoms with Crippen LogP contribution in [-0.2, 0) is 22.1 Å². The molecule has 0 unspecified atom stereocenters. The summed E-state index contributed by atoms with van der Waals surface area (Å²) >= 11 is 0. The lowest BCUT2D eigenvalue weighted by Gasteiger charge is -2.08. The molecule has 1 aromatic heterocycles. The predicted octanol–water partition coefficient (Wildman–Crippen LogP) is 1.32. The summed E-state index contributed by atoms with van der Waals surface area (Å²) in [6, 6.07) is -2.72. The van der Waals surface area contributed by atoms with E-state index in [9.17, 15) is 8.42 Å². The smallest absolute Gasteiger partial charge is 0.215 e. The fourth-order valence-corrected chi connectivity index (χ4v) is 1.91. The Morgan fingerprint density at radius 1 is 1.55 bits per heavy atom. The molecule has 0 bridgehead atoms. The van der Waals surface area contributed by atoms with Crippen LogP contribution in [0.25, 0.3) is 10.9 Å². The van der Waals surface area contributed by atoms with Crippen LogP contribution >= 0.6 is 0 Å². The van der Waals surface area contributed by atoms with Gasteiger partial charge in [0.2, 0.25) is 10.0 Å². The maximum Gasteiger partial charge on any atom is 0.215 e. The van der Waals surface area contributed by atoms with Crippen LogP contribution in [-0.4, -0.2) is 45.8 Å². The minimum Gasteiger partial charge on any atom is -0.361 e. The number of likely N-dealkylation sites (N-methyl/N-ethyl adjacent to an activating group) is 1. The molecule has 1 heterocycles. The van der Waals surface area contributed by atoms with Gasteiger partial charge in [-0.25, -0.2) is 13.1 Å². The van der Waals surface area contributed by atoms with E-state index >= 15 is 0 Å². The number of fused-ring (bicyclic) bond motifs is 1. The summed E-state index contributed by atoms with van der Waals surface area (Å²) in [5.74, 6) is 0. The molecule has 0 saturated carbocycles. The Morgan fingerprint density at radius 2 is 2.40 bits per heavy atom. The van der Waals surface area contributed by atoms with Crippen molar-refractivity contribution in [2.24, 2.45) is 0 Å². The molecule has 0 atom stereocenters. The molecule has 5 nitrogen and oxygen atoms in total. The van der Waals surface area contributed by atoms with Crippen LogP contribution in [0.4, 0.5) is 0 Å². The summed E-state index contributed by atoms with van der Waals surface area (Å²) in [6.45, 7) is -6.68. The van der Waals surface area contributed by atoms with E-state index in [2.05, 4.69) is 4.98 Å². The van der Waals surface area contributed by atoms with Crippen LogP contribution < -0.4 is 4.72 Å². The highest BCUT2D eigenvalue weighted by Gasteiger charge is 2.11. The highest BCUT2D eigenvalue weighted by Crippen LogP contribution is 2.21. The second kappa shape index (κ2) is 5.95. The number of rotatable bonds is 6. The van der Waals surface area contributed by atoms with Gasteiger partial charge in [-0.3, -0.25) is 0 Å². The average Bonchev–Trinajstić information content (AvgIpc) is 3.02. The van der Waals surface area contributed by atoms with Crippen LogP contribution in [0.5, 0.6) is 0 Å². The van der Waals surface area contributed by atoms with Crippen LogP contribution in [0.1, 0.15) is 28.9 Å². The molecule has 6 heteroatoms. The first kappa shape index (κ1) is 5.44. The fourth-order valence-electron chi connectivity index (χ4n) is 1.49. The first-order valence-electron chi connectivity index (χ1n) is 11.9. The fraction of sp³-hybridized carbons (Fsp3) is 0.429. The summed E-state index contributed by atoms with van der Waals surface area (Å²) in [7, 11) is -4.22. The summed E-state index contributed by atoms with van der Waals surface area (Å²) in [4.78, 5) is 3.23. The van der Waals surface area contributed by atoms with E-state index in [1.165, 1.54) is 0 Å². The summed E-state index contributed by atoms with van der Waals surface area (Å²) in [6.07, 6.45) is -1.44. The Morgan fingerprint density at radius 3 is 3.15 bits per heavy atom. The molecule has 0 fully saturated rings. The third-order valence-electron chi connectivity index (χ3n) is 2.32. The second-order valence-corrected chi connectivity index (χ2v) is 5.36. The number of benzene rings is 1. The largest absolute Gasteiger partial charge is 0.361 e. The summed E-state index contributed by atoms with van der Waals surface area (Å²) < 4.78 is 127. The quantitative estimate of drug-likeness (QED) is 0.846. The van der Waals surface area contributed by atoms with Crippen LogP contribution in [0.2, 0.25) is 0 Å². The molecule has 2 aromatic rings. The Balaban J connectivity index is 2.82. The number of aromatic amines is 1. The number of hydrogen-bond acceptors (Lipinski definition) is 3. The van der Waals surface area contributed by atoms with E-state index in [1.807, 2.05) is 0 Å². The van der Waals surface area contributed by atoms with E-state index in [0.717, 1.165) is 22.9 Å². The molecular formula is C14H21N3O2S. The number of H-pyrrole nitrogens is 1. The highest BCUT2D eigenvalue weighted by atomic mass is 32.2. The molecule has 1 aromatic carbocycles. The first-order valence-corrected chi connectivity index (χ1v) is 6.89. The summed E-state index contributed by atoms with van der Waals surface area (Å²) in [5.41, 5.74) is -5.43. The minimum atomic E-state index is -5.36. The van der Waals surface area contributed by atoms with Gasteiger partial charge in [0, 0.05) is 37.4 Å². The average molecular weight is 308 g/mol. The molecular weight excluding hydrogens is 274 g/mol. The van der Waals surface area contributed by atoms with Gasteiger partial charge in [0.15, 0.2) is 0 Å². The number of nitrogens with zero attached hydrogens (tertiary/aromatic N) is 1. The van der Waals surface area contributed by atoms with E-state index < -0.39 is 71.7 Å². The van der Waals surface area contributed by atoms with Gasteiger partial charge < -0.3 is 9.88 Å². The second-order valence-electron chi connectivity index (χ2n) is 3.94. The number of nitrogens with one attached hydrogen (secondary N) is 2. The lowest BCUT2D eigenvalue weighted by atomic mass is 10.1. The Hall–Kier alpha value is -1.37. The van der Waals surface area contributed by atoms with Gasteiger partial charge in [-0.1, -0.05) is 6.04 Å². The van der Waals surface area contributed by atoms with E-state index in [0.29, 0.717) is 0 Å². The SMILES string of the molecule is [2H]c1c(C([2H])([2H])S(=O)(=O)NC([2H])([2H])[2H])c([2H])c2c(C([2H])([2H])CN(C)C([2H])([2H])[2H])c[nH]c2c1[2H]. The van der Waals surface area contributed by atoms with Gasteiger partial charge in [0.1, 0.15) is 0 Å². The molecule has 2 N–H and O–H groups in total. The zero-order valence-electron chi connectivity index (χ0n) is 23.5.